The summed E-state index contributed by atoms with van der Waals surface area (Å²) in [5, 5.41) is 0. The summed E-state index contributed by atoms with van der Waals surface area (Å²) >= 11 is 0. The highest BCUT2D eigenvalue weighted by Gasteiger charge is 2.41. The first kappa shape index (κ1) is 13.6. The summed E-state index contributed by atoms with van der Waals surface area (Å²) < 4.78 is 16.0. The van der Waals surface area contributed by atoms with Crippen LogP contribution in [0.1, 0.15) is 12.5 Å². The van der Waals surface area contributed by atoms with Gasteiger partial charge in [-0.3, -0.25) is 4.79 Å². The molecule has 0 amide bonds. The normalized spacial score (nSPS) is 26.0. The Balaban J connectivity index is 1.96. The second-order valence-electron chi connectivity index (χ2n) is 4.55. The Morgan fingerprint density at radius 3 is 2.63 bits per heavy atom. The van der Waals surface area contributed by atoms with Gasteiger partial charge >= 0.3 is 5.97 Å². The van der Waals surface area contributed by atoms with Gasteiger partial charge in [0.15, 0.2) is 0 Å². The Morgan fingerprint density at radius 1 is 1.37 bits per heavy atom. The monoisotopic (exact) mass is 262 g/mol. The molecule has 0 bridgehead atoms. The van der Waals surface area contributed by atoms with Crippen LogP contribution in [0.5, 0.6) is 5.75 Å². The smallest absolute Gasteiger partial charge is 0.312 e. The summed E-state index contributed by atoms with van der Waals surface area (Å²) in [6.07, 6.45) is 0.980. The van der Waals surface area contributed by atoms with Crippen LogP contribution in [0.3, 0.4) is 0 Å². The molecule has 1 aliphatic heterocycles. The number of hydrogen-bond donors (Lipinski definition) is 0. The standard InChI is InChI=1S/C15H18O4/c1-4-13-14(10(2)15(16)19-13)18-9-11-5-7-12(17-3)8-6-11/h4-8,10,13-14H,1,9H2,2-3H3/t10-,13-,14-/m0/s1. The van der Waals surface area contributed by atoms with Crippen molar-refractivity contribution in [3.05, 3.63) is 42.5 Å². The van der Waals surface area contributed by atoms with Crippen molar-refractivity contribution in [2.24, 2.45) is 5.92 Å². The number of carbonyl (C=O) groups excluding carboxylic acids is 1. The number of hydrogen-bond acceptors (Lipinski definition) is 4. The van der Waals surface area contributed by atoms with E-state index in [1.807, 2.05) is 31.2 Å². The summed E-state index contributed by atoms with van der Waals surface area (Å²) in [7, 11) is 1.63. The molecule has 0 aromatic heterocycles. The number of rotatable bonds is 5. The predicted molar refractivity (Wildman–Crippen MR) is 70.8 cm³/mol. The molecule has 1 aromatic carbocycles. The molecule has 0 spiro atoms. The van der Waals surface area contributed by atoms with Gasteiger partial charge in [0, 0.05) is 0 Å². The van der Waals surface area contributed by atoms with Gasteiger partial charge in [0.05, 0.1) is 19.6 Å². The Bertz CT molecular complexity index is 452. The van der Waals surface area contributed by atoms with E-state index < -0.39 is 0 Å². The van der Waals surface area contributed by atoms with Crippen molar-refractivity contribution in [3.8, 4) is 5.75 Å². The van der Waals surface area contributed by atoms with Crippen LogP contribution in [0, 0.1) is 5.92 Å². The Kier molecular flexibility index (Phi) is 4.22. The topological polar surface area (TPSA) is 44.8 Å². The molecular formula is C15H18O4. The van der Waals surface area contributed by atoms with Crippen LogP contribution < -0.4 is 4.74 Å². The molecule has 1 aromatic rings. The number of cyclic esters (lactones) is 1. The Hall–Kier alpha value is -1.81. The SMILES string of the molecule is C=C[C@@H]1OC(=O)[C@@H](C)[C@@H]1OCc1ccc(OC)cc1. The molecule has 1 aliphatic rings. The molecule has 102 valence electrons. The number of ether oxygens (including phenoxy) is 3. The van der Waals surface area contributed by atoms with Crippen LogP contribution in [0.2, 0.25) is 0 Å². The van der Waals surface area contributed by atoms with Crippen molar-refractivity contribution in [3.63, 3.8) is 0 Å². The van der Waals surface area contributed by atoms with Crippen LogP contribution in [-0.2, 0) is 20.9 Å². The minimum absolute atomic E-state index is 0.232. The third-order valence-electron chi connectivity index (χ3n) is 3.27. The first-order valence-corrected chi connectivity index (χ1v) is 6.23. The van der Waals surface area contributed by atoms with Crippen LogP contribution in [-0.4, -0.2) is 25.3 Å². The van der Waals surface area contributed by atoms with Crippen molar-refractivity contribution in [1.82, 2.24) is 0 Å². The van der Waals surface area contributed by atoms with E-state index in [-0.39, 0.29) is 24.1 Å². The number of benzene rings is 1. The van der Waals surface area contributed by atoms with Gasteiger partial charge in [0.1, 0.15) is 18.0 Å². The zero-order valence-corrected chi connectivity index (χ0v) is 11.2. The summed E-state index contributed by atoms with van der Waals surface area (Å²) in [4.78, 5) is 11.5. The summed E-state index contributed by atoms with van der Waals surface area (Å²) in [5.41, 5.74) is 1.02. The molecule has 0 N–H and O–H groups in total. The first-order chi connectivity index (χ1) is 9.15. The maximum atomic E-state index is 11.5. The van der Waals surface area contributed by atoms with E-state index in [2.05, 4.69) is 6.58 Å². The highest BCUT2D eigenvalue weighted by molar-refractivity contribution is 5.75. The van der Waals surface area contributed by atoms with Crippen molar-refractivity contribution in [2.75, 3.05) is 7.11 Å². The molecule has 19 heavy (non-hydrogen) atoms. The van der Waals surface area contributed by atoms with Gasteiger partial charge in [-0.2, -0.15) is 0 Å². The van der Waals surface area contributed by atoms with Crippen molar-refractivity contribution >= 4 is 5.97 Å². The molecule has 0 unspecified atom stereocenters. The van der Waals surface area contributed by atoms with Gasteiger partial charge in [-0.1, -0.05) is 18.7 Å². The fourth-order valence-corrected chi connectivity index (χ4v) is 2.06. The molecule has 1 heterocycles. The maximum absolute atomic E-state index is 11.5. The fraction of sp³-hybridized carbons (Fsp3) is 0.400. The van der Waals surface area contributed by atoms with E-state index in [9.17, 15) is 4.79 Å². The van der Waals surface area contributed by atoms with Gasteiger partial charge < -0.3 is 14.2 Å². The highest BCUT2D eigenvalue weighted by Crippen LogP contribution is 2.26. The quantitative estimate of drug-likeness (QED) is 0.603. The fourth-order valence-electron chi connectivity index (χ4n) is 2.06. The second-order valence-corrected chi connectivity index (χ2v) is 4.55. The maximum Gasteiger partial charge on any atom is 0.312 e. The van der Waals surface area contributed by atoms with Gasteiger partial charge in [-0.05, 0) is 30.7 Å². The zero-order valence-electron chi connectivity index (χ0n) is 11.2. The highest BCUT2D eigenvalue weighted by atomic mass is 16.6. The minimum atomic E-state index is -0.360. The van der Waals surface area contributed by atoms with E-state index >= 15 is 0 Å². The largest absolute Gasteiger partial charge is 0.497 e. The van der Waals surface area contributed by atoms with E-state index in [0.717, 1.165) is 11.3 Å². The van der Waals surface area contributed by atoms with Crippen LogP contribution in [0.4, 0.5) is 0 Å². The summed E-state index contributed by atoms with van der Waals surface area (Å²) in [5.74, 6) is 0.311. The number of methoxy groups -OCH3 is 1. The first-order valence-electron chi connectivity index (χ1n) is 6.23. The molecule has 0 saturated carbocycles. The summed E-state index contributed by atoms with van der Waals surface area (Å²) in [6, 6.07) is 7.63. The molecule has 4 nitrogen and oxygen atoms in total. The Labute approximate surface area is 113 Å². The van der Waals surface area contributed by atoms with Gasteiger partial charge in [-0.25, -0.2) is 0 Å². The number of carbonyl (C=O) groups is 1. The lowest BCUT2D eigenvalue weighted by atomic mass is 10.0. The molecular weight excluding hydrogens is 244 g/mol. The lowest BCUT2D eigenvalue weighted by molar-refractivity contribution is -0.142. The number of esters is 1. The van der Waals surface area contributed by atoms with Gasteiger partial charge in [0.2, 0.25) is 0 Å². The van der Waals surface area contributed by atoms with E-state index in [0.29, 0.717) is 6.61 Å². The Morgan fingerprint density at radius 2 is 2.05 bits per heavy atom. The molecule has 3 atom stereocenters. The summed E-state index contributed by atoms with van der Waals surface area (Å²) in [6.45, 7) is 5.91. The van der Waals surface area contributed by atoms with E-state index in [1.165, 1.54) is 0 Å². The van der Waals surface area contributed by atoms with Crippen LogP contribution in [0.15, 0.2) is 36.9 Å². The zero-order chi connectivity index (χ0) is 13.8. The average Bonchev–Trinajstić information content (AvgIpc) is 2.72. The lowest BCUT2D eigenvalue weighted by Crippen LogP contribution is -2.27. The molecule has 1 saturated heterocycles. The van der Waals surface area contributed by atoms with Crippen LogP contribution in [0.25, 0.3) is 0 Å². The molecule has 2 rings (SSSR count). The third kappa shape index (κ3) is 2.96. The second kappa shape index (κ2) is 5.89. The molecule has 1 fully saturated rings. The third-order valence-corrected chi connectivity index (χ3v) is 3.27. The van der Waals surface area contributed by atoms with Crippen LogP contribution >= 0.6 is 0 Å². The van der Waals surface area contributed by atoms with Gasteiger partial charge in [0.25, 0.3) is 0 Å². The predicted octanol–water partition coefficient (Wildman–Crippen LogP) is 2.33. The molecule has 4 heteroatoms. The van der Waals surface area contributed by atoms with E-state index in [4.69, 9.17) is 14.2 Å². The molecule has 0 radical (unpaired) electrons. The van der Waals surface area contributed by atoms with Crippen molar-refractivity contribution < 1.29 is 19.0 Å². The lowest BCUT2D eigenvalue weighted by Gasteiger charge is -2.17. The van der Waals surface area contributed by atoms with Crippen molar-refractivity contribution in [1.29, 1.82) is 0 Å². The van der Waals surface area contributed by atoms with Gasteiger partial charge in [-0.15, -0.1) is 0 Å². The van der Waals surface area contributed by atoms with E-state index in [1.54, 1.807) is 13.2 Å². The average molecular weight is 262 g/mol. The minimum Gasteiger partial charge on any atom is -0.497 e. The molecule has 0 aliphatic carbocycles. The van der Waals surface area contributed by atoms with Crippen molar-refractivity contribution in [2.45, 2.75) is 25.7 Å².